The van der Waals surface area contributed by atoms with E-state index in [0.29, 0.717) is 12.1 Å². The molecule has 0 bridgehead atoms. The normalized spacial score (nSPS) is 12.0. The molecule has 10 heteroatoms. The van der Waals surface area contributed by atoms with Crippen LogP contribution in [-0.2, 0) is 4.79 Å². The van der Waals surface area contributed by atoms with Gasteiger partial charge in [-0.15, -0.1) is 0 Å². The zero-order chi connectivity index (χ0) is 15.4. The number of nitro benzene ring substituents is 1. The van der Waals surface area contributed by atoms with Crippen molar-refractivity contribution in [3.8, 4) is 5.75 Å². The van der Waals surface area contributed by atoms with Gasteiger partial charge in [-0.25, -0.2) is 4.79 Å². The van der Waals surface area contributed by atoms with E-state index in [-0.39, 0.29) is 6.29 Å². The first-order valence-electron chi connectivity index (χ1n) is 4.91. The van der Waals surface area contributed by atoms with Gasteiger partial charge >= 0.3 is 12.6 Å². The van der Waals surface area contributed by atoms with Crippen LogP contribution in [0.4, 0.5) is 14.5 Å². The van der Waals surface area contributed by atoms with Gasteiger partial charge in [-0.2, -0.15) is 8.78 Å². The fourth-order valence-electron chi connectivity index (χ4n) is 1.50. The number of alkyl halides is 2. The maximum absolute atomic E-state index is 12.1. The minimum Gasteiger partial charge on any atom is -0.479 e. The fourth-order valence-corrected chi connectivity index (χ4v) is 1.50. The number of nitro groups is 1. The second kappa shape index (κ2) is 6.02. The lowest BCUT2D eigenvalue weighted by Crippen LogP contribution is -2.16. The Balaban J connectivity index is 3.58. The highest BCUT2D eigenvalue weighted by atomic mass is 19.3. The number of aldehydes is 1. The van der Waals surface area contributed by atoms with Crippen molar-refractivity contribution < 1.29 is 38.2 Å². The molecule has 0 saturated carbocycles. The quantitative estimate of drug-likeness (QED) is 0.456. The van der Waals surface area contributed by atoms with Crippen LogP contribution in [-0.4, -0.2) is 34.0 Å². The number of carboxylic acid groups (broad SMARTS) is 1. The van der Waals surface area contributed by atoms with Crippen LogP contribution in [0.15, 0.2) is 12.1 Å². The third-order valence-corrected chi connectivity index (χ3v) is 2.26. The molecule has 1 rings (SSSR count). The summed E-state index contributed by atoms with van der Waals surface area (Å²) in [5, 5.41) is 28.8. The highest BCUT2D eigenvalue weighted by molar-refractivity contribution is 5.88. The van der Waals surface area contributed by atoms with E-state index in [9.17, 15) is 33.6 Å². The molecule has 1 aromatic carbocycles. The van der Waals surface area contributed by atoms with E-state index in [1.807, 2.05) is 0 Å². The predicted octanol–water partition coefficient (Wildman–Crippen LogP) is 1.13. The number of halogens is 2. The monoisotopic (exact) mass is 291 g/mol. The molecule has 0 saturated heterocycles. The first-order valence-corrected chi connectivity index (χ1v) is 4.91. The molecule has 0 spiro atoms. The fraction of sp³-hybridized carbons (Fsp3) is 0.200. The molecule has 0 aromatic heterocycles. The van der Waals surface area contributed by atoms with Crippen molar-refractivity contribution in [1.29, 1.82) is 0 Å². The first kappa shape index (κ1) is 15.4. The van der Waals surface area contributed by atoms with E-state index in [2.05, 4.69) is 4.74 Å². The molecule has 0 amide bonds. The van der Waals surface area contributed by atoms with Gasteiger partial charge in [-0.3, -0.25) is 14.9 Å². The number of carbonyl (C=O) groups is 2. The largest absolute Gasteiger partial charge is 0.479 e. The van der Waals surface area contributed by atoms with Crippen LogP contribution < -0.4 is 4.74 Å². The standard InChI is InChI=1S/C10H7F2NO7/c11-10(12)20-6-2-1-5(13(18)19)7(4(6)3-14)8(15)9(16)17/h1-3,8,10,15H,(H,16,17). The number of carboxylic acids is 1. The molecule has 108 valence electrons. The summed E-state index contributed by atoms with van der Waals surface area (Å²) in [6.07, 6.45) is -2.54. The highest BCUT2D eigenvalue weighted by Crippen LogP contribution is 2.34. The maximum atomic E-state index is 12.1. The summed E-state index contributed by atoms with van der Waals surface area (Å²) in [5.74, 6) is -2.65. The molecule has 2 N–H and O–H groups in total. The lowest BCUT2D eigenvalue weighted by Gasteiger charge is -2.13. The van der Waals surface area contributed by atoms with Gasteiger partial charge in [-0.1, -0.05) is 0 Å². The smallest absolute Gasteiger partial charge is 0.387 e. The van der Waals surface area contributed by atoms with Gasteiger partial charge in [-0.05, 0) is 6.07 Å². The summed E-state index contributed by atoms with van der Waals surface area (Å²) in [7, 11) is 0. The number of aliphatic hydroxyl groups excluding tert-OH is 1. The molecule has 1 aromatic rings. The average Bonchev–Trinajstić information content (AvgIpc) is 2.35. The number of benzene rings is 1. The van der Waals surface area contributed by atoms with Crippen molar-refractivity contribution in [2.24, 2.45) is 0 Å². The Morgan fingerprint density at radius 2 is 2.05 bits per heavy atom. The van der Waals surface area contributed by atoms with Gasteiger partial charge in [0.15, 0.2) is 12.4 Å². The number of nitrogens with zero attached hydrogens (tertiary/aromatic N) is 1. The van der Waals surface area contributed by atoms with E-state index < -0.39 is 46.2 Å². The number of aliphatic carboxylic acids is 1. The van der Waals surface area contributed by atoms with E-state index in [1.54, 1.807) is 0 Å². The van der Waals surface area contributed by atoms with Crippen LogP contribution in [0.1, 0.15) is 22.0 Å². The summed E-state index contributed by atoms with van der Waals surface area (Å²) in [4.78, 5) is 31.3. The van der Waals surface area contributed by atoms with Crippen molar-refractivity contribution in [3.05, 3.63) is 33.4 Å². The molecule has 0 radical (unpaired) electrons. The van der Waals surface area contributed by atoms with E-state index in [1.165, 1.54) is 0 Å². The topological polar surface area (TPSA) is 127 Å². The van der Waals surface area contributed by atoms with E-state index in [4.69, 9.17) is 5.11 Å². The maximum Gasteiger partial charge on any atom is 0.387 e. The SMILES string of the molecule is O=Cc1c(OC(F)F)ccc([N+](=O)[O-])c1C(O)C(=O)O. The Bertz CT molecular complexity index is 561. The molecule has 8 nitrogen and oxygen atoms in total. The van der Waals surface area contributed by atoms with Gasteiger partial charge < -0.3 is 14.9 Å². The summed E-state index contributed by atoms with van der Waals surface area (Å²) in [6, 6.07) is 1.37. The number of aliphatic hydroxyl groups is 1. The van der Waals surface area contributed by atoms with E-state index in [0.717, 1.165) is 0 Å². The third-order valence-electron chi connectivity index (χ3n) is 2.26. The van der Waals surface area contributed by atoms with Crippen LogP contribution >= 0.6 is 0 Å². The van der Waals surface area contributed by atoms with Crippen LogP contribution in [0.25, 0.3) is 0 Å². The number of ether oxygens (including phenoxy) is 1. The van der Waals surface area contributed by atoms with Crippen molar-refractivity contribution in [2.45, 2.75) is 12.7 Å². The molecule has 0 heterocycles. The minimum absolute atomic E-state index is 0.105. The first-order chi connectivity index (χ1) is 9.29. The van der Waals surface area contributed by atoms with Crippen LogP contribution in [0.3, 0.4) is 0 Å². The number of rotatable bonds is 6. The Morgan fingerprint density at radius 1 is 1.45 bits per heavy atom. The Labute approximate surface area is 109 Å². The van der Waals surface area contributed by atoms with Crippen LogP contribution in [0.5, 0.6) is 5.75 Å². The molecular weight excluding hydrogens is 284 g/mol. The lowest BCUT2D eigenvalue weighted by molar-refractivity contribution is -0.386. The zero-order valence-electron chi connectivity index (χ0n) is 9.53. The molecule has 20 heavy (non-hydrogen) atoms. The zero-order valence-corrected chi connectivity index (χ0v) is 9.53. The molecule has 1 unspecified atom stereocenters. The molecule has 0 aliphatic heterocycles. The summed E-state index contributed by atoms with van der Waals surface area (Å²) in [5.41, 5.74) is -2.64. The number of carbonyl (C=O) groups excluding carboxylic acids is 1. The molecule has 0 aliphatic carbocycles. The highest BCUT2D eigenvalue weighted by Gasteiger charge is 2.31. The van der Waals surface area contributed by atoms with Crippen LogP contribution in [0, 0.1) is 10.1 Å². The number of hydrogen-bond acceptors (Lipinski definition) is 6. The van der Waals surface area contributed by atoms with Crippen molar-refractivity contribution >= 4 is 17.9 Å². The second-order valence-corrected chi connectivity index (χ2v) is 3.40. The van der Waals surface area contributed by atoms with E-state index >= 15 is 0 Å². The molecule has 0 fully saturated rings. The van der Waals surface area contributed by atoms with Gasteiger partial charge in [0.25, 0.3) is 5.69 Å². The summed E-state index contributed by atoms with van der Waals surface area (Å²) in [6.45, 7) is -3.33. The minimum atomic E-state index is -3.33. The second-order valence-electron chi connectivity index (χ2n) is 3.40. The Morgan fingerprint density at radius 3 is 2.45 bits per heavy atom. The summed E-state index contributed by atoms with van der Waals surface area (Å²) < 4.78 is 28.2. The van der Waals surface area contributed by atoms with Crippen molar-refractivity contribution in [3.63, 3.8) is 0 Å². The van der Waals surface area contributed by atoms with Crippen molar-refractivity contribution in [2.75, 3.05) is 0 Å². The molecule has 1 atom stereocenters. The van der Waals surface area contributed by atoms with Gasteiger partial charge in [0.05, 0.1) is 16.1 Å². The Kier molecular flexibility index (Phi) is 4.64. The summed E-state index contributed by atoms with van der Waals surface area (Å²) >= 11 is 0. The van der Waals surface area contributed by atoms with Crippen LogP contribution in [0.2, 0.25) is 0 Å². The molecule has 0 aliphatic rings. The van der Waals surface area contributed by atoms with Gasteiger partial charge in [0.2, 0.25) is 0 Å². The number of hydrogen-bond donors (Lipinski definition) is 2. The van der Waals surface area contributed by atoms with Crippen molar-refractivity contribution in [1.82, 2.24) is 0 Å². The molecular formula is C10H7F2NO7. The third kappa shape index (κ3) is 3.03. The van der Waals surface area contributed by atoms with Gasteiger partial charge in [0, 0.05) is 6.07 Å². The Hall–Kier alpha value is -2.62. The van der Waals surface area contributed by atoms with Gasteiger partial charge in [0.1, 0.15) is 5.75 Å². The average molecular weight is 291 g/mol. The predicted molar refractivity (Wildman–Crippen MR) is 57.7 cm³/mol. The lowest BCUT2D eigenvalue weighted by atomic mass is 10.00.